The van der Waals surface area contributed by atoms with E-state index < -0.39 is 6.61 Å². The Morgan fingerprint density at radius 2 is 1.93 bits per heavy atom. The molecule has 0 saturated heterocycles. The third kappa shape index (κ3) is 8.46. The highest BCUT2D eigenvalue weighted by atomic mass is 127. The predicted molar refractivity (Wildman–Crippen MR) is 115 cm³/mol. The molecule has 1 aromatic rings. The van der Waals surface area contributed by atoms with E-state index in [0.717, 1.165) is 0 Å². The zero-order valence-electron chi connectivity index (χ0n) is 16.6. The van der Waals surface area contributed by atoms with Crippen molar-refractivity contribution in [1.82, 2.24) is 16.0 Å². The number of carbonyl (C=O) groups is 1. The van der Waals surface area contributed by atoms with Crippen LogP contribution in [-0.4, -0.2) is 44.4 Å². The van der Waals surface area contributed by atoms with E-state index in [1.807, 2.05) is 20.8 Å². The standard InChI is InChI=1S/C18H26F2N4O4.HI/c1-4-21-18(22-6-5-16(25)24-11(2)3)23-9-12-7-14-15(27-10-26-14)8-13(12)28-17(19)20;/h7-8,11,17H,4-6,9-10H2,1-3H3,(H,24,25)(H2,21,22,23);1H. The summed E-state index contributed by atoms with van der Waals surface area (Å²) in [5, 5.41) is 8.89. The van der Waals surface area contributed by atoms with Gasteiger partial charge in [-0.05, 0) is 26.8 Å². The van der Waals surface area contributed by atoms with Crippen LogP contribution in [0.25, 0.3) is 0 Å². The van der Waals surface area contributed by atoms with E-state index in [0.29, 0.717) is 36.1 Å². The van der Waals surface area contributed by atoms with Crippen LogP contribution < -0.4 is 30.2 Å². The number of hydrogen-bond acceptors (Lipinski definition) is 5. The molecule has 0 bridgehead atoms. The number of nitrogens with zero attached hydrogens (tertiary/aromatic N) is 1. The van der Waals surface area contributed by atoms with Gasteiger partial charge in [0.25, 0.3) is 0 Å². The molecule has 2 rings (SSSR count). The number of ether oxygens (including phenoxy) is 3. The largest absolute Gasteiger partial charge is 0.454 e. The zero-order chi connectivity index (χ0) is 20.5. The molecule has 0 atom stereocenters. The van der Waals surface area contributed by atoms with Gasteiger partial charge < -0.3 is 30.2 Å². The lowest BCUT2D eigenvalue weighted by atomic mass is 10.1. The second-order valence-electron chi connectivity index (χ2n) is 6.29. The molecule has 3 N–H and O–H groups in total. The van der Waals surface area contributed by atoms with E-state index in [2.05, 4.69) is 25.7 Å². The van der Waals surface area contributed by atoms with Crippen molar-refractivity contribution >= 4 is 35.8 Å². The lowest BCUT2D eigenvalue weighted by Crippen LogP contribution is -2.40. The Bertz CT molecular complexity index is 705. The van der Waals surface area contributed by atoms with Crippen molar-refractivity contribution in [2.24, 2.45) is 4.99 Å². The lowest BCUT2D eigenvalue weighted by molar-refractivity contribution is -0.121. The molecule has 0 fully saturated rings. The Balaban J connectivity index is 0.00000420. The molecule has 8 nitrogen and oxygen atoms in total. The van der Waals surface area contributed by atoms with Crippen LogP contribution in [-0.2, 0) is 11.3 Å². The maximum Gasteiger partial charge on any atom is 0.387 e. The third-order valence-electron chi connectivity index (χ3n) is 3.62. The van der Waals surface area contributed by atoms with Crippen LogP contribution >= 0.6 is 24.0 Å². The van der Waals surface area contributed by atoms with Gasteiger partial charge in [-0.25, -0.2) is 4.99 Å². The summed E-state index contributed by atoms with van der Waals surface area (Å²) < 4.78 is 40.5. The van der Waals surface area contributed by atoms with Crippen molar-refractivity contribution < 1.29 is 27.8 Å². The summed E-state index contributed by atoms with van der Waals surface area (Å²) >= 11 is 0. The summed E-state index contributed by atoms with van der Waals surface area (Å²) in [6.45, 7) is 3.80. The van der Waals surface area contributed by atoms with Crippen LogP contribution in [0.3, 0.4) is 0 Å². The van der Waals surface area contributed by atoms with Crippen LogP contribution in [0.1, 0.15) is 32.8 Å². The first-order chi connectivity index (χ1) is 13.4. The number of nitrogens with one attached hydrogen (secondary N) is 3. The van der Waals surface area contributed by atoms with Gasteiger partial charge in [-0.1, -0.05) is 0 Å². The normalized spacial score (nSPS) is 12.6. The van der Waals surface area contributed by atoms with E-state index in [-0.39, 0.29) is 61.4 Å². The van der Waals surface area contributed by atoms with Gasteiger partial charge in [0, 0.05) is 37.2 Å². The van der Waals surface area contributed by atoms with Crippen molar-refractivity contribution in [2.45, 2.75) is 46.4 Å². The molecule has 1 aliphatic rings. The van der Waals surface area contributed by atoms with Gasteiger partial charge in [0.15, 0.2) is 17.5 Å². The number of guanidine groups is 1. The highest BCUT2D eigenvalue weighted by Gasteiger charge is 2.20. The second-order valence-corrected chi connectivity index (χ2v) is 6.29. The van der Waals surface area contributed by atoms with Crippen LogP contribution in [0.2, 0.25) is 0 Å². The van der Waals surface area contributed by atoms with Gasteiger partial charge in [-0.15, -0.1) is 24.0 Å². The molecular weight excluding hydrogens is 501 g/mol. The second kappa shape index (κ2) is 12.5. The number of amides is 1. The number of carbonyl (C=O) groups excluding carboxylic acids is 1. The summed E-state index contributed by atoms with van der Waals surface area (Å²) in [6.07, 6.45) is 0.284. The van der Waals surface area contributed by atoms with Crippen LogP contribution in [0.4, 0.5) is 8.78 Å². The fourth-order valence-electron chi connectivity index (χ4n) is 2.49. The number of rotatable bonds is 9. The van der Waals surface area contributed by atoms with Gasteiger partial charge in [0.2, 0.25) is 12.7 Å². The SMILES string of the molecule is CCNC(=NCc1cc2c(cc1OC(F)F)OCO2)NCCC(=O)NC(C)C.I. The van der Waals surface area contributed by atoms with Gasteiger partial charge in [0.1, 0.15) is 5.75 Å². The molecule has 0 aliphatic carbocycles. The third-order valence-corrected chi connectivity index (χ3v) is 3.62. The van der Waals surface area contributed by atoms with Crippen molar-refractivity contribution in [2.75, 3.05) is 19.9 Å². The fraction of sp³-hybridized carbons (Fsp3) is 0.556. The Kier molecular flexibility index (Phi) is 10.8. The molecule has 0 aromatic heterocycles. The molecule has 0 spiro atoms. The Labute approximate surface area is 185 Å². The molecule has 1 aliphatic heterocycles. The maximum absolute atomic E-state index is 12.7. The summed E-state index contributed by atoms with van der Waals surface area (Å²) in [4.78, 5) is 16.1. The highest BCUT2D eigenvalue weighted by Crippen LogP contribution is 2.38. The van der Waals surface area contributed by atoms with E-state index in [4.69, 9.17) is 9.47 Å². The van der Waals surface area contributed by atoms with Crippen molar-refractivity contribution in [3.8, 4) is 17.2 Å². The number of alkyl halides is 2. The lowest BCUT2D eigenvalue weighted by Gasteiger charge is -2.14. The molecule has 11 heteroatoms. The number of hydrogen-bond donors (Lipinski definition) is 3. The van der Waals surface area contributed by atoms with Gasteiger partial charge in [-0.2, -0.15) is 8.78 Å². The minimum absolute atomic E-state index is 0. The van der Waals surface area contributed by atoms with E-state index >= 15 is 0 Å². The van der Waals surface area contributed by atoms with Gasteiger partial charge in [0.05, 0.1) is 6.54 Å². The Hall–Kier alpha value is -2.05. The van der Waals surface area contributed by atoms with Crippen LogP contribution in [0.5, 0.6) is 17.2 Å². The first kappa shape index (κ1) is 25.0. The monoisotopic (exact) mass is 528 g/mol. The molecule has 1 heterocycles. The van der Waals surface area contributed by atoms with Crippen LogP contribution in [0, 0.1) is 0 Å². The van der Waals surface area contributed by atoms with Crippen LogP contribution in [0.15, 0.2) is 17.1 Å². The minimum atomic E-state index is -2.96. The quantitative estimate of drug-likeness (QED) is 0.259. The number of aliphatic imine (C=N–C) groups is 1. The van der Waals surface area contributed by atoms with E-state index in [1.54, 1.807) is 6.07 Å². The summed E-state index contributed by atoms with van der Waals surface area (Å²) in [7, 11) is 0. The van der Waals surface area contributed by atoms with Crippen molar-refractivity contribution in [3.63, 3.8) is 0 Å². The first-order valence-electron chi connectivity index (χ1n) is 9.08. The van der Waals surface area contributed by atoms with Gasteiger partial charge in [-0.3, -0.25) is 4.79 Å². The maximum atomic E-state index is 12.7. The summed E-state index contributed by atoms with van der Waals surface area (Å²) in [5.74, 6) is 1.18. The molecule has 0 saturated carbocycles. The van der Waals surface area contributed by atoms with E-state index in [1.165, 1.54) is 6.07 Å². The average molecular weight is 528 g/mol. The summed E-state index contributed by atoms with van der Waals surface area (Å²) in [6, 6.07) is 3.02. The molecule has 0 unspecified atom stereocenters. The average Bonchev–Trinajstić information content (AvgIpc) is 3.05. The minimum Gasteiger partial charge on any atom is -0.454 e. The smallest absolute Gasteiger partial charge is 0.387 e. The first-order valence-corrected chi connectivity index (χ1v) is 9.08. The highest BCUT2D eigenvalue weighted by molar-refractivity contribution is 14.0. The molecule has 29 heavy (non-hydrogen) atoms. The number of benzene rings is 1. The molecule has 0 radical (unpaired) electrons. The zero-order valence-corrected chi connectivity index (χ0v) is 18.9. The molecular formula is C18H27F2IN4O4. The topological polar surface area (TPSA) is 93.2 Å². The summed E-state index contributed by atoms with van der Waals surface area (Å²) in [5.41, 5.74) is 0.430. The number of halogens is 3. The molecule has 1 aromatic carbocycles. The Morgan fingerprint density at radius 1 is 1.24 bits per heavy atom. The van der Waals surface area contributed by atoms with Crippen molar-refractivity contribution in [3.05, 3.63) is 17.7 Å². The predicted octanol–water partition coefficient (Wildman–Crippen LogP) is 2.60. The Morgan fingerprint density at radius 3 is 2.55 bits per heavy atom. The molecule has 1 amide bonds. The van der Waals surface area contributed by atoms with Gasteiger partial charge >= 0.3 is 6.61 Å². The number of fused-ring (bicyclic) bond motifs is 1. The molecule has 164 valence electrons. The fourth-order valence-corrected chi connectivity index (χ4v) is 2.49. The van der Waals surface area contributed by atoms with E-state index in [9.17, 15) is 13.6 Å². The van der Waals surface area contributed by atoms with Crippen molar-refractivity contribution in [1.29, 1.82) is 0 Å².